The van der Waals surface area contributed by atoms with E-state index in [2.05, 4.69) is 10.2 Å². The molecule has 0 radical (unpaired) electrons. The van der Waals surface area contributed by atoms with Crippen LogP contribution in [0, 0.1) is 18.7 Å². The number of aromatic nitrogens is 2. The summed E-state index contributed by atoms with van der Waals surface area (Å²) in [5.41, 5.74) is 0.592. The van der Waals surface area contributed by atoms with Gasteiger partial charge in [-0.15, -0.1) is 10.2 Å². The average molecular weight is 331 g/mol. The lowest BCUT2D eigenvalue weighted by molar-refractivity contribution is -0.136. The van der Waals surface area contributed by atoms with Gasteiger partial charge in [-0.2, -0.15) is 0 Å². The lowest BCUT2D eigenvalue weighted by Crippen LogP contribution is -2.41. The molecule has 0 spiro atoms. The summed E-state index contributed by atoms with van der Waals surface area (Å²) in [6.45, 7) is 4.99. The number of carbonyl (C=O) groups excluding carboxylic acids is 1. The zero-order valence-corrected chi connectivity index (χ0v) is 14.0. The highest BCUT2D eigenvalue weighted by Gasteiger charge is 2.29. The van der Waals surface area contributed by atoms with E-state index in [1.54, 1.807) is 25.1 Å². The van der Waals surface area contributed by atoms with Crippen LogP contribution >= 0.6 is 0 Å². The first-order chi connectivity index (χ1) is 11.5. The Morgan fingerprint density at radius 2 is 2.04 bits per heavy atom. The third kappa shape index (κ3) is 3.63. The summed E-state index contributed by atoms with van der Waals surface area (Å²) in [7, 11) is 0. The summed E-state index contributed by atoms with van der Waals surface area (Å²) >= 11 is 0. The fourth-order valence-electron chi connectivity index (χ4n) is 3.22. The molecule has 1 saturated heterocycles. The van der Waals surface area contributed by atoms with E-state index in [0.29, 0.717) is 36.9 Å². The van der Waals surface area contributed by atoms with E-state index in [1.165, 1.54) is 6.07 Å². The molecule has 0 bridgehead atoms. The number of nitrogens with zero attached hydrogens (tertiary/aromatic N) is 3. The van der Waals surface area contributed by atoms with Crippen LogP contribution < -0.4 is 0 Å². The molecule has 1 fully saturated rings. The Kier molecular flexibility index (Phi) is 4.92. The fourth-order valence-corrected chi connectivity index (χ4v) is 3.22. The maximum atomic E-state index is 13.7. The van der Waals surface area contributed by atoms with Crippen LogP contribution in [0.5, 0.6) is 0 Å². The molecule has 0 N–H and O–H groups in total. The van der Waals surface area contributed by atoms with Crippen LogP contribution in [0.2, 0.25) is 0 Å². The van der Waals surface area contributed by atoms with Crippen molar-refractivity contribution in [3.05, 3.63) is 47.4 Å². The quantitative estimate of drug-likeness (QED) is 0.864. The van der Waals surface area contributed by atoms with E-state index >= 15 is 0 Å². The Hall–Kier alpha value is -2.24. The standard InChI is InChI=1S/C18H22FN3O2/c1-12(11-15-5-3-4-6-16(15)19)18(23)22-9-7-14(8-10-22)17-21-20-13(2)24-17/h3-6,12,14H,7-11H2,1-2H3. The van der Waals surface area contributed by atoms with Crippen LogP contribution in [0.3, 0.4) is 0 Å². The van der Waals surface area contributed by atoms with Gasteiger partial charge in [0.25, 0.3) is 0 Å². The molecular formula is C18H22FN3O2. The number of carbonyl (C=O) groups is 1. The van der Waals surface area contributed by atoms with Crippen LogP contribution in [0.15, 0.2) is 28.7 Å². The van der Waals surface area contributed by atoms with Crippen molar-refractivity contribution in [1.29, 1.82) is 0 Å². The smallest absolute Gasteiger partial charge is 0.225 e. The van der Waals surface area contributed by atoms with Crippen molar-refractivity contribution in [3.63, 3.8) is 0 Å². The van der Waals surface area contributed by atoms with Gasteiger partial charge >= 0.3 is 0 Å². The third-order valence-electron chi connectivity index (χ3n) is 4.60. The zero-order valence-electron chi connectivity index (χ0n) is 14.0. The first-order valence-corrected chi connectivity index (χ1v) is 8.36. The van der Waals surface area contributed by atoms with E-state index in [-0.39, 0.29) is 23.6 Å². The van der Waals surface area contributed by atoms with Gasteiger partial charge in [-0.1, -0.05) is 25.1 Å². The van der Waals surface area contributed by atoms with Crippen LogP contribution in [0.1, 0.15) is 43.0 Å². The highest BCUT2D eigenvalue weighted by molar-refractivity contribution is 5.79. The molecule has 0 saturated carbocycles. The van der Waals surface area contributed by atoms with Gasteiger partial charge in [0, 0.05) is 31.8 Å². The van der Waals surface area contributed by atoms with Crippen LogP contribution in [0.25, 0.3) is 0 Å². The van der Waals surface area contributed by atoms with Gasteiger partial charge in [0.2, 0.25) is 17.7 Å². The molecule has 3 rings (SSSR count). The Bertz CT molecular complexity index is 708. The second-order valence-electron chi connectivity index (χ2n) is 6.46. The summed E-state index contributed by atoms with van der Waals surface area (Å²) in [6.07, 6.45) is 2.06. The molecule has 2 aromatic rings. The van der Waals surface area contributed by atoms with Gasteiger partial charge in [0.1, 0.15) is 5.82 Å². The van der Waals surface area contributed by atoms with E-state index in [9.17, 15) is 9.18 Å². The monoisotopic (exact) mass is 331 g/mol. The number of halogens is 1. The fraction of sp³-hybridized carbons (Fsp3) is 0.500. The lowest BCUT2D eigenvalue weighted by atomic mass is 9.94. The molecule has 128 valence electrons. The van der Waals surface area contributed by atoms with Crippen molar-refractivity contribution in [2.75, 3.05) is 13.1 Å². The van der Waals surface area contributed by atoms with Gasteiger partial charge in [0.05, 0.1) is 0 Å². The van der Waals surface area contributed by atoms with E-state index < -0.39 is 0 Å². The number of piperidine rings is 1. The summed E-state index contributed by atoms with van der Waals surface area (Å²) in [6, 6.07) is 6.64. The van der Waals surface area contributed by atoms with Gasteiger partial charge in [-0.3, -0.25) is 4.79 Å². The minimum absolute atomic E-state index is 0.0819. The molecule has 1 unspecified atom stereocenters. The van der Waals surface area contributed by atoms with Crippen LogP contribution in [-0.4, -0.2) is 34.1 Å². The number of amides is 1. The van der Waals surface area contributed by atoms with Crippen molar-refractivity contribution < 1.29 is 13.6 Å². The van der Waals surface area contributed by atoms with Crippen molar-refractivity contribution in [3.8, 4) is 0 Å². The van der Waals surface area contributed by atoms with E-state index in [1.807, 2.05) is 11.8 Å². The first kappa shape index (κ1) is 16.6. The van der Waals surface area contributed by atoms with Crippen LogP contribution in [-0.2, 0) is 11.2 Å². The maximum absolute atomic E-state index is 13.7. The largest absolute Gasteiger partial charge is 0.425 e. The molecule has 1 aliphatic heterocycles. The number of aryl methyl sites for hydroxylation is 1. The van der Waals surface area contributed by atoms with Crippen molar-refractivity contribution >= 4 is 5.91 Å². The molecule has 1 aliphatic rings. The molecular weight excluding hydrogens is 309 g/mol. The first-order valence-electron chi connectivity index (χ1n) is 8.36. The maximum Gasteiger partial charge on any atom is 0.225 e. The number of likely N-dealkylation sites (tertiary alicyclic amines) is 1. The molecule has 1 aromatic carbocycles. The summed E-state index contributed by atoms with van der Waals surface area (Å²) in [5, 5.41) is 7.94. The zero-order chi connectivity index (χ0) is 17.1. The molecule has 1 amide bonds. The van der Waals surface area contributed by atoms with E-state index in [0.717, 1.165) is 12.8 Å². The Morgan fingerprint density at radius 1 is 1.33 bits per heavy atom. The number of rotatable bonds is 4. The average Bonchev–Trinajstić information content (AvgIpc) is 3.03. The lowest BCUT2D eigenvalue weighted by Gasteiger charge is -2.32. The second kappa shape index (κ2) is 7.11. The van der Waals surface area contributed by atoms with Crippen molar-refractivity contribution in [2.24, 2.45) is 5.92 Å². The molecule has 6 heteroatoms. The van der Waals surface area contributed by atoms with Crippen LogP contribution in [0.4, 0.5) is 4.39 Å². The summed E-state index contributed by atoms with van der Waals surface area (Å²) < 4.78 is 19.2. The Labute approximate surface area is 140 Å². The number of hydrogen-bond donors (Lipinski definition) is 0. The SMILES string of the molecule is Cc1nnc(C2CCN(C(=O)C(C)Cc3ccccc3F)CC2)o1. The summed E-state index contributed by atoms with van der Waals surface area (Å²) in [4.78, 5) is 14.5. The molecule has 2 heterocycles. The van der Waals surface area contributed by atoms with E-state index in [4.69, 9.17) is 4.42 Å². The second-order valence-corrected chi connectivity index (χ2v) is 6.46. The Morgan fingerprint density at radius 3 is 2.67 bits per heavy atom. The predicted octanol–water partition coefficient (Wildman–Crippen LogP) is 3.10. The highest BCUT2D eigenvalue weighted by atomic mass is 19.1. The Balaban J connectivity index is 1.55. The third-order valence-corrected chi connectivity index (χ3v) is 4.60. The van der Waals surface area contributed by atoms with Gasteiger partial charge < -0.3 is 9.32 Å². The predicted molar refractivity (Wildman–Crippen MR) is 86.9 cm³/mol. The highest BCUT2D eigenvalue weighted by Crippen LogP contribution is 2.28. The molecule has 1 atom stereocenters. The van der Waals surface area contributed by atoms with Crippen molar-refractivity contribution in [1.82, 2.24) is 15.1 Å². The van der Waals surface area contributed by atoms with Crippen molar-refractivity contribution in [2.45, 2.75) is 39.0 Å². The molecule has 1 aromatic heterocycles. The minimum Gasteiger partial charge on any atom is -0.425 e. The molecule has 24 heavy (non-hydrogen) atoms. The van der Waals surface area contributed by atoms with Gasteiger partial charge in [-0.25, -0.2) is 4.39 Å². The topological polar surface area (TPSA) is 59.2 Å². The van der Waals surface area contributed by atoms with Gasteiger partial charge in [0.15, 0.2) is 0 Å². The van der Waals surface area contributed by atoms with Gasteiger partial charge in [-0.05, 0) is 30.9 Å². The molecule has 5 nitrogen and oxygen atoms in total. The minimum atomic E-state index is -0.248. The molecule has 0 aliphatic carbocycles. The summed E-state index contributed by atoms with van der Waals surface area (Å²) in [5.74, 6) is 1.06. The number of benzene rings is 1. The normalized spacial score (nSPS) is 17.0. The number of hydrogen-bond acceptors (Lipinski definition) is 4.